The maximum atomic E-state index is 12.0. The number of ether oxygens (including phenoxy) is 1. The summed E-state index contributed by atoms with van der Waals surface area (Å²) in [6.45, 7) is 3.31. The lowest BCUT2D eigenvalue weighted by molar-refractivity contribution is 0.102. The maximum absolute atomic E-state index is 12.0. The van der Waals surface area contributed by atoms with Gasteiger partial charge in [0.1, 0.15) is 0 Å². The van der Waals surface area contributed by atoms with E-state index in [1.54, 1.807) is 7.05 Å². The second kappa shape index (κ2) is 5.95. The van der Waals surface area contributed by atoms with Gasteiger partial charge in [-0.15, -0.1) is 0 Å². The van der Waals surface area contributed by atoms with E-state index in [0.29, 0.717) is 13.0 Å². The van der Waals surface area contributed by atoms with E-state index in [9.17, 15) is 8.42 Å². The van der Waals surface area contributed by atoms with Gasteiger partial charge < -0.3 is 10.1 Å². The van der Waals surface area contributed by atoms with Crippen molar-refractivity contribution in [2.24, 2.45) is 0 Å². The third-order valence-electron chi connectivity index (χ3n) is 3.07. The zero-order chi connectivity index (χ0) is 12.2. The first-order chi connectivity index (χ1) is 7.49. The number of rotatable bonds is 6. The van der Waals surface area contributed by atoms with Crippen LogP contribution in [-0.4, -0.2) is 57.9 Å². The van der Waals surface area contributed by atoms with Gasteiger partial charge >= 0.3 is 0 Å². The average Bonchev–Trinajstić information content (AvgIpc) is 2.63. The van der Waals surface area contributed by atoms with Crippen LogP contribution in [0.3, 0.4) is 0 Å². The summed E-state index contributed by atoms with van der Waals surface area (Å²) < 4.78 is 30.8. The molecule has 0 aliphatic carbocycles. The van der Waals surface area contributed by atoms with Crippen LogP contribution in [0, 0.1) is 0 Å². The minimum atomic E-state index is -3.14. The van der Waals surface area contributed by atoms with Gasteiger partial charge in [-0.05, 0) is 33.4 Å². The smallest absolute Gasteiger partial charge is 0.214 e. The molecule has 0 aromatic heterocycles. The van der Waals surface area contributed by atoms with Gasteiger partial charge in [-0.1, -0.05) is 0 Å². The van der Waals surface area contributed by atoms with Crippen molar-refractivity contribution in [2.75, 3.05) is 33.0 Å². The molecule has 1 N–H and O–H groups in total. The molecule has 1 fully saturated rings. The van der Waals surface area contributed by atoms with E-state index in [0.717, 1.165) is 13.0 Å². The molecule has 96 valence electrons. The fourth-order valence-electron chi connectivity index (χ4n) is 1.98. The third kappa shape index (κ3) is 3.41. The van der Waals surface area contributed by atoms with Crippen LogP contribution in [0.15, 0.2) is 0 Å². The predicted molar refractivity (Wildman–Crippen MR) is 63.9 cm³/mol. The summed E-state index contributed by atoms with van der Waals surface area (Å²) in [6, 6.07) is -0.000384. The van der Waals surface area contributed by atoms with E-state index >= 15 is 0 Å². The number of nitrogens with one attached hydrogen (secondary N) is 1. The lowest BCUT2D eigenvalue weighted by atomic mass is 10.2. The van der Waals surface area contributed by atoms with Crippen LogP contribution in [0.5, 0.6) is 0 Å². The largest absolute Gasteiger partial charge is 0.377 e. The van der Waals surface area contributed by atoms with Gasteiger partial charge in [0.25, 0.3) is 0 Å². The molecule has 1 aliphatic rings. The third-order valence-corrected chi connectivity index (χ3v) is 5.02. The molecule has 2 atom stereocenters. The van der Waals surface area contributed by atoms with Crippen molar-refractivity contribution >= 4 is 10.0 Å². The van der Waals surface area contributed by atoms with E-state index in [1.165, 1.54) is 4.31 Å². The first kappa shape index (κ1) is 13.9. The summed E-state index contributed by atoms with van der Waals surface area (Å²) >= 11 is 0. The second-order valence-electron chi connectivity index (χ2n) is 4.22. The number of nitrogens with zero attached hydrogens (tertiary/aromatic N) is 1. The van der Waals surface area contributed by atoms with Crippen LogP contribution in [-0.2, 0) is 14.8 Å². The molecule has 0 bridgehead atoms. The van der Waals surface area contributed by atoms with Crippen LogP contribution in [0.2, 0.25) is 0 Å². The normalized spacial score (nSPS) is 26.5. The number of hydrogen-bond donors (Lipinski definition) is 1. The Balaban J connectivity index is 2.54. The van der Waals surface area contributed by atoms with Crippen molar-refractivity contribution in [1.82, 2.24) is 9.62 Å². The molecule has 0 aromatic rings. The summed E-state index contributed by atoms with van der Waals surface area (Å²) in [5.74, 6) is 0.202. The van der Waals surface area contributed by atoms with Crippen molar-refractivity contribution in [3.63, 3.8) is 0 Å². The molecule has 2 unspecified atom stereocenters. The van der Waals surface area contributed by atoms with Gasteiger partial charge in [0.15, 0.2) is 0 Å². The Kier molecular flexibility index (Phi) is 5.17. The summed E-state index contributed by atoms with van der Waals surface area (Å²) in [5, 5.41) is 2.95. The Labute approximate surface area is 98.2 Å². The van der Waals surface area contributed by atoms with Crippen molar-refractivity contribution < 1.29 is 13.2 Å². The number of hydrogen-bond acceptors (Lipinski definition) is 4. The highest BCUT2D eigenvalue weighted by Crippen LogP contribution is 2.20. The van der Waals surface area contributed by atoms with Crippen molar-refractivity contribution in [3.8, 4) is 0 Å². The maximum Gasteiger partial charge on any atom is 0.214 e. The van der Waals surface area contributed by atoms with E-state index < -0.39 is 10.0 Å². The highest BCUT2D eigenvalue weighted by molar-refractivity contribution is 7.89. The molecule has 0 amide bonds. The van der Waals surface area contributed by atoms with Gasteiger partial charge in [0.05, 0.1) is 17.9 Å². The Hall–Kier alpha value is -0.170. The Morgan fingerprint density at radius 3 is 2.69 bits per heavy atom. The molecule has 1 heterocycles. The Bertz CT molecular complexity index is 305. The Morgan fingerprint density at radius 2 is 2.19 bits per heavy atom. The first-order valence-electron chi connectivity index (χ1n) is 5.71. The fraction of sp³-hybridized carbons (Fsp3) is 1.00. The number of likely N-dealkylation sites (N-methyl/N-ethyl adjacent to an activating group) is 1. The van der Waals surface area contributed by atoms with Gasteiger partial charge in [-0.3, -0.25) is 0 Å². The van der Waals surface area contributed by atoms with Crippen LogP contribution >= 0.6 is 0 Å². The lowest BCUT2D eigenvalue weighted by Crippen LogP contribution is -2.42. The molecule has 1 aliphatic heterocycles. The van der Waals surface area contributed by atoms with Crippen LogP contribution in [0.25, 0.3) is 0 Å². The minimum Gasteiger partial charge on any atom is -0.377 e. The highest BCUT2D eigenvalue weighted by Gasteiger charge is 2.33. The van der Waals surface area contributed by atoms with Crippen LogP contribution < -0.4 is 5.32 Å². The zero-order valence-corrected chi connectivity index (χ0v) is 11.1. The monoisotopic (exact) mass is 250 g/mol. The van der Waals surface area contributed by atoms with E-state index in [1.807, 2.05) is 14.0 Å². The standard InChI is InChI=1S/C10H22N2O3S/c1-9-10(5-7-15-9)12(3)16(13,14)8-4-6-11-2/h9-11H,4-8H2,1-3H3. The topological polar surface area (TPSA) is 58.6 Å². The van der Waals surface area contributed by atoms with Gasteiger partial charge in [-0.25, -0.2) is 8.42 Å². The minimum absolute atomic E-state index is 0.000384. The summed E-state index contributed by atoms with van der Waals surface area (Å²) in [6.07, 6.45) is 1.44. The van der Waals surface area contributed by atoms with E-state index in [2.05, 4.69) is 5.32 Å². The number of sulfonamides is 1. The van der Waals surface area contributed by atoms with Crippen molar-refractivity contribution in [1.29, 1.82) is 0 Å². The SMILES string of the molecule is CNCCCS(=O)(=O)N(C)C1CCOC1C. The van der Waals surface area contributed by atoms with Gasteiger partial charge in [-0.2, -0.15) is 4.31 Å². The summed E-state index contributed by atoms with van der Waals surface area (Å²) in [5.41, 5.74) is 0. The predicted octanol–water partition coefficient (Wildman–Crippen LogP) is 0.0349. The molecule has 0 saturated carbocycles. The molecule has 1 rings (SSSR count). The molecule has 0 spiro atoms. The van der Waals surface area contributed by atoms with Crippen molar-refractivity contribution in [3.05, 3.63) is 0 Å². The van der Waals surface area contributed by atoms with E-state index in [4.69, 9.17) is 4.74 Å². The molecular formula is C10H22N2O3S. The Morgan fingerprint density at radius 1 is 1.50 bits per heavy atom. The van der Waals surface area contributed by atoms with Crippen molar-refractivity contribution in [2.45, 2.75) is 31.9 Å². The quantitative estimate of drug-likeness (QED) is 0.676. The molecule has 0 aromatic carbocycles. The van der Waals surface area contributed by atoms with Crippen LogP contribution in [0.1, 0.15) is 19.8 Å². The fourth-order valence-corrected chi connectivity index (χ4v) is 3.47. The molecule has 6 heteroatoms. The van der Waals surface area contributed by atoms with Gasteiger partial charge in [0, 0.05) is 13.7 Å². The van der Waals surface area contributed by atoms with Crippen LogP contribution in [0.4, 0.5) is 0 Å². The zero-order valence-electron chi connectivity index (χ0n) is 10.3. The average molecular weight is 250 g/mol. The molecule has 1 saturated heterocycles. The second-order valence-corrected chi connectivity index (χ2v) is 6.37. The summed E-state index contributed by atoms with van der Waals surface area (Å²) in [7, 11) is 0.344. The first-order valence-corrected chi connectivity index (χ1v) is 7.32. The highest BCUT2D eigenvalue weighted by atomic mass is 32.2. The lowest BCUT2D eigenvalue weighted by Gasteiger charge is -2.25. The molecule has 5 nitrogen and oxygen atoms in total. The molecular weight excluding hydrogens is 228 g/mol. The molecule has 16 heavy (non-hydrogen) atoms. The van der Waals surface area contributed by atoms with Gasteiger partial charge in [0.2, 0.25) is 10.0 Å². The summed E-state index contributed by atoms with van der Waals surface area (Å²) in [4.78, 5) is 0. The van der Waals surface area contributed by atoms with E-state index in [-0.39, 0.29) is 17.9 Å². The molecule has 0 radical (unpaired) electrons.